The lowest BCUT2D eigenvalue weighted by Gasteiger charge is -2.58. The van der Waals surface area contributed by atoms with E-state index in [1.165, 1.54) is 57.8 Å². The molecule has 1 heterocycles. The molecule has 0 aromatic carbocycles. The van der Waals surface area contributed by atoms with Gasteiger partial charge in [-0.2, -0.15) is 0 Å². The number of amides is 2. The molecule has 0 saturated heterocycles. The lowest BCUT2D eigenvalue weighted by atomic mass is 9.47. The van der Waals surface area contributed by atoms with E-state index >= 15 is 0 Å². The normalized spacial score (nSPS) is 27.6. The van der Waals surface area contributed by atoms with Crippen LogP contribution in [0.2, 0.25) is 0 Å². The fourth-order valence-electron chi connectivity index (χ4n) is 13.0. The quantitative estimate of drug-likeness (QED) is 0.0247. The fraction of sp³-hybridized carbons (Fsp3) is 0.868. The van der Waals surface area contributed by atoms with Crippen molar-refractivity contribution in [2.75, 3.05) is 32.8 Å². The first kappa shape index (κ1) is 55.0. The predicted molar refractivity (Wildman–Crippen MR) is 267 cm³/mol. The molecule has 2 amide bonds. The average Bonchev–Trinajstić information content (AvgIpc) is 3.92. The van der Waals surface area contributed by atoms with E-state index in [1.807, 2.05) is 6.20 Å². The highest BCUT2D eigenvalue weighted by molar-refractivity contribution is 5.87. The Morgan fingerprint density at radius 1 is 0.806 bits per heavy atom. The van der Waals surface area contributed by atoms with Gasteiger partial charge in [-0.1, -0.05) is 83.6 Å². The van der Waals surface area contributed by atoms with Gasteiger partial charge >= 0.3 is 5.97 Å². The van der Waals surface area contributed by atoms with Crippen LogP contribution in [-0.4, -0.2) is 89.9 Å². The Morgan fingerprint density at radius 3 is 2.27 bits per heavy atom. The highest BCUT2D eigenvalue weighted by Gasteiger charge is 2.59. The number of nitrogens with one attached hydrogen (secondary N) is 2. The molecule has 4 aliphatic rings. The fourth-order valence-corrected chi connectivity index (χ4v) is 13.0. The maximum Gasteiger partial charge on any atom is 0.328 e. The van der Waals surface area contributed by atoms with Crippen LogP contribution >= 0.6 is 0 Å². The minimum Gasteiger partial charge on any atom is -0.464 e. The maximum absolute atomic E-state index is 13.2. The van der Waals surface area contributed by atoms with Crippen molar-refractivity contribution in [1.29, 1.82) is 0 Å². The van der Waals surface area contributed by atoms with Crippen molar-refractivity contribution in [1.82, 2.24) is 25.6 Å². The zero-order chi connectivity index (χ0) is 48.4. The van der Waals surface area contributed by atoms with E-state index in [2.05, 4.69) is 61.6 Å². The molecule has 0 radical (unpaired) electrons. The summed E-state index contributed by atoms with van der Waals surface area (Å²) >= 11 is 0. The van der Waals surface area contributed by atoms with E-state index in [-0.39, 0.29) is 18.4 Å². The number of aryl methyl sites for hydroxylation is 2. The summed E-state index contributed by atoms with van der Waals surface area (Å²) in [4.78, 5) is 38.5. The van der Waals surface area contributed by atoms with Crippen LogP contribution in [0.1, 0.15) is 182 Å². The number of carbonyl (C=O) groups is 3. The van der Waals surface area contributed by atoms with Gasteiger partial charge in [0.25, 0.3) is 0 Å². The van der Waals surface area contributed by atoms with Gasteiger partial charge in [-0.15, -0.1) is 5.10 Å². The van der Waals surface area contributed by atoms with Crippen molar-refractivity contribution in [3.8, 4) is 0 Å². The molecular weight excluding hydrogens is 843 g/mol. The first-order chi connectivity index (χ1) is 32.2. The Labute approximate surface area is 404 Å². The Balaban J connectivity index is 0.996. The van der Waals surface area contributed by atoms with Crippen LogP contribution in [0.25, 0.3) is 0 Å². The smallest absolute Gasteiger partial charge is 0.328 e. The molecule has 4 aliphatic carbocycles. The zero-order valence-electron chi connectivity index (χ0n) is 42.6. The minimum atomic E-state index is -0.848. The van der Waals surface area contributed by atoms with E-state index in [9.17, 15) is 14.4 Å². The highest BCUT2D eigenvalue weighted by Crippen LogP contribution is 2.67. The van der Waals surface area contributed by atoms with E-state index in [0.717, 1.165) is 99.2 Å². The molecule has 3 saturated carbocycles. The van der Waals surface area contributed by atoms with Crippen LogP contribution in [-0.2, 0) is 36.8 Å². The number of nitrogens with two attached hydrogens (primary N) is 4. The Morgan fingerprint density at radius 2 is 1.54 bits per heavy atom. The number of nitrogens with zero attached hydrogens (tertiary/aromatic N) is 3. The summed E-state index contributed by atoms with van der Waals surface area (Å²) in [5.74, 6) is 4.04. The number of hydrogen-bond donors (Lipinski definition) is 6. The Kier molecular flexibility index (Phi) is 22.6. The number of ether oxygens (including phenoxy) is 2. The monoisotopic (exact) mass is 938 g/mol. The first-order valence-corrected chi connectivity index (χ1v) is 27.1. The largest absolute Gasteiger partial charge is 0.464 e. The molecule has 382 valence electrons. The molecule has 0 spiro atoms. The Bertz CT molecular complexity index is 1690. The lowest BCUT2D eigenvalue weighted by Crippen LogP contribution is -2.51. The third-order valence-corrected chi connectivity index (χ3v) is 17.0. The number of fused-ring (bicyclic) bond motifs is 5. The number of rotatable bonds is 31. The van der Waals surface area contributed by atoms with Gasteiger partial charge in [0.2, 0.25) is 11.8 Å². The summed E-state index contributed by atoms with van der Waals surface area (Å²) in [7, 11) is 0. The van der Waals surface area contributed by atoms with Gasteiger partial charge in [0.1, 0.15) is 6.04 Å². The molecule has 14 nitrogen and oxygen atoms in total. The number of allylic oxidation sites excluding steroid dienone is 1. The molecule has 14 heteroatoms. The molecule has 1 aromatic rings. The summed E-state index contributed by atoms with van der Waals surface area (Å²) in [6, 6.07) is -2.16. The van der Waals surface area contributed by atoms with Gasteiger partial charge in [0, 0.05) is 32.3 Å². The number of unbranched alkanes of at least 4 members (excludes halogenated alkanes) is 3. The molecule has 5 rings (SSSR count). The third kappa shape index (κ3) is 15.8. The number of aromatic nitrogens is 3. The first-order valence-electron chi connectivity index (χ1n) is 27.1. The van der Waals surface area contributed by atoms with Gasteiger partial charge < -0.3 is 43.0 Å². The van der Waals surface area contributed by atoms with Crippen molar-refractivity contribution < 1.29 is 23.9 Å². The van der Waals surface area contributed by atoms with E-state index in [1.54, 1.807) is 10.3 Å². The summed E-state index contributed by atoms with van der Waals surface area (Å²) in [6.07, 6.45) is 27.6. The summed E-state index contributed by atoms with van der Waals surface area (Å²) in [5, 5.41) is 14.4. The second-order valence-corrected chi connectivity index (χ2v) is 22.3. The third-order valence-electron chi connectivity index (χ3n) is 17.0. The molecule has 0 aliphatic heterocycles. The lowest BCUT2D eigenvalue weighted by molar-refractivity contribution is -0.148. The summed E-state index contributed by atoms with van der Waals surface area (Å²) in [5.41, 5.74) is 26.7. The minimum absolute atomic E-state index is 0.172. The van der Waals surface area contributed by atoms with Crippen molar-refractivity contribution in [3.63, 3.8) is 0 Å². The van der Waals surface area contributed by atoms with Gasteiger partial charge in [-0.25, -0.2) is 4.79 Å². The predicted octanol–water partition coefficient (Wildman–Crippen LogP) is 7.25. The van der Waals surface area contributed by atoms with Crippen molar-refractivity contribution in [2.45, 2.75) is 213 Å². The van der Waals surface area contributed by atoms with Crippen LogP contribution in [0.3, 0.4) is 0 Å². The van der Waals surface area contributed by atoms with Crippen LogP contribution < -0.4 is 33.6 Å². The molecular formula is C53H95N9O5. The maximum atomic E-state index is 13.2. The zero-order valence-corrected chi connectivity index (χ0v) is 42.6. The van der Waals surface area contributed by atoms with Crippen LogP contribution in [0.4, 0.5) is 0 Å². The van der Waals surface area contributed by atoms with Crippen LogP contribution in [0.15, 0.2) is 17.8 Å². The second-order valence-electron chi connectivity index (χ2n) is 22.3. The second kappa shape index (κ2) is 27.5. The topological polar surface area (TPSA) is 229 Å². The van der Waals surface area contributed by atoms with E-state index < -0.39 is 24.1 Å². The van der Waals surface area contributed by atoms with Crippen molar-refractivity contribution >= 4 is 17.8 Å². The van der Waals surface area contributed by atoms with Gasteiger partial charge in [-0.05, 0) is 169 Å². The highest BCUT2D eigenvalue weighted by atomic mass is 16.5. The number of esters is 1. The van der Waals surface area contributed by atoms with Crippen LogP contribution in [0, 0.1) is 46.3 Å². The molecule has 8 unspecified atom stereocenters. The molecule has 1 aromatic heterocycles. The van der Waals surface area contributed by atoms with Crippen molar-refractivity contribution in [2.24, 2.45) is 69.3 Å². The molecule has 0 bridgehead atoms. The summed E-state index contributed by atoms with van der Waals surface area (Å²) < 4.78 is 14.0. The molecule has 11 atom stereocenters. The number of hydrogen-bond acceptors (Lipinski definition) is 11. The van der Waals surface area contributed by atoms with Crippen LogP contribution in [0.5, 0.6) is 0 Å². The van der Waals surface area contributed by atoms with Crippen molar-refractivity contribution in [3.05, 3.63) is 23.5 Å². The van der Waals surface area contributed by atoms with E-state index in [4.69, 9.17) is 32.4 Å². The average molecular weight is 938 g/mol. The molecule has 10 N–H and O–H groups in total. The standard InChI is InChI=1S/C53H95N9O5/c1-37(2)15-12-16-38(3)43-23-24-44-42-22-21-39-35-41(25-27-52(39,4)45(42)26-28-53(43,44)5)66-33-13-17-40-36-62(61-60-40)32-14-34-67-51(65)48(59-50(64)47(57)19-7-10-30-55)20-8-11-31-58-49(63)46(56)18-6-9-29-54/h21,36-38,41-48H,6-20,22-35,54-57H2,1-5H3,(H,58,63)(H,59,64)/t38?,41-,42?,43?,44?,45?,46?,47?,48?,52-,53+/m0/s1. The van der Waals surface area contributed by atoms with E-state index in [0.29, 0.717) is 81.6 Å². The van der Waals surface area contributed by atoms with Gasteiger partial charge in [0.05, 0.1) is 30.5 Å². The SMILES string of the molecule is CC(C)CCCC(C)C1CCC2C3CC=C4C[C@@H](OCCCc5cn(CCCOC(=O)C(CCCCNC(=O)C(N)CCCCN)NC(=O)C(N)CCCCN)nn5)CC[C@]4(C)C3CC[C@]12C. The Hall–Kier alpha value is -2.91. The van der Waals surface area contributed by atoms with Gasteiger partial charge in [0.15, 0.2) is 0 Å². The van der Waals surface area contributed by atoms with Gasteiger partial charge in [-0.3, -0.25) is 14.3 Å². The molecule has 3 fully saturated rings. The summed E-state index contributed by atoms with van der Waals surface area (Å²) in [6.45, 7) is 15.6. The molecule has 67 heavy (non-hydrogen) atoms. The number of carbonyl (C=O) groups excluding carboxylic acids is 3.